The molecule has 1 aliphatic carbocycles. The van der Waals surface area contributed by atoms with E-state index in [0.29, 0.717) is 34.7 Å². The molecule has 0 aliphatic heterocycles. The van der Waals surface area contributed by atoms with Gasteiger partial charge in [0, 0.05) is 24.6 Å². The molecule has 7 heteroatoms. The van der Waals surface area contributed by atoms with Gasteiger partial charge in [0.1, 0.15) is 0 Å². The minimum absolute atomic E-state index is 0.139. The van der Waals surface area contributed by atoms with Crippen LogP contribution in [0.5, 0.6) is 0 Å². The lowest BCUT2D eigenvalue weighted by molar-refractivity contribution is 0.0936. The van der Waals surface area contributed by atoms with Gasteiger partial charge in [-0.2, -0.15) is 5.10 Å². The maximum atomic E-state index is 12.4. The van der Waals surface area contributed by atoms with Crippen LogP contribution in [0.1, 0.15) is 34.8 Å². The predicted molar refractivity (Wildman–Crippen MR) is 89.8 cm³/mol. The molecule has 23 heavy (non-hydrogen) atoms. The third-order valence-corrected chi connectivity index (χ3v) is 4.28. The van der Waals surface area contributed by atoms with Crippen LogP contribution in [0.15, 0.2) is 24.4 Å². The fraction of sp³-hybridized carbons (Fsp3) is 0.375. The molecular formula is C16H17Cl2N3O2. The summed E-state index contributed by atoms with van der Waals surface area (Å²) in [7, 11) is 1.60. The fourth-order valence-corrected chi connectivity index (χ4v) is 2.98. The van der Waals surface area contributed by atoms with Crippen molar-refractivity contribution in [2.75, 3.05) is 20.3 Å². The molecule has 1 aliphatic rings. The zero-order valence-electron chi connectivity index (χ0n) is 12.7. The van der Waals surface area contributed by atoms with Crippen LogP contribution in [0.4, 0.5) is 0 Å². The summed E-state index contributed by atoms with van der Waals surface area (Å²) in [5.41, 5.74) is 2.23. The Kier molecular flexibility index (Phi) is 4.90. The van der Waals surface area contributed by atoms with Gasteiger partial charge in [0.05, 0.1) is 34.8 Å². The molecular weight excluding hydrogens is 337 g/mol. The Morgan fingerprint density at radius 3 is 2.87 bits per heavy atom. The van der Waals surface area contributed by atoms with Crippen molar-refractivity contribution < 1.29 is 9.53 Å². The summed E-state index contributed by atoms with van der Waals surface area (Å²) >= 11 is 12.2. The Morgan fingerprint density at radius 2 is 2.22 bits per heavy atom. The van der Waals surface area contributed by atoms with Crippen molar-refractivity contribution in [2.24, 2.45) is 0 Å². The number of benzene rings is 1. The number of nitrogens with zero attached hydrogens (tertiary/aromatic N) is 2. The normalized spacial score (nSPS) is 14.0. The van der Waals surface area contributed by atoms with E-state index in [0.717, 1.165) is 24.2 Å². The lowest BCUT2D eigenvalue weighted by Gasteiger charge is -2.11. The summed E-state index contributed by atoms with van der Waals surface area (Å²) in [6.45, 7) is 0.938. The first-order chi connectivity index (χ1) is 11.1. The van der Waals surface area contributed by atoms with Crippen molar-refractivity contribution in [3.63, 3.8) is 0 Å². The highest BCUT2D eigenvalue weighted by molar-refractivity contribution is 6.35. The van der Waals surface area contributed by atoms with E-state index in [9.17, 15) is 4.79 Å². The molecule has 1 amide bonds. The smallest absolute Gasteiger partial charge is 0.254 e. The Morgan fingerprint density at radius 1 is 1.43 bits per heavy atom. The number of amides is 1. The second kappa shape index (κ2) is 6.91. The molecule has 1 saturated carbocycles. The number of carbonyl (C=O) groups excluding carboxylic acids is 1. The van der Waals surface area contributed by atoms with E-state index >= 15 is 0 Å². The molecule has 0 radical (unpaired) electrons. The number of hydrogen-bond donors (Lipinski definition) is 1. The number of hydrogen-bond acceptors (Lipinski definition) is 3. The molecule has 1 aromatic heterocycles. The highest BCUT2D eigenvalue weighted by Crippen LogP contribution is 2.43. The molecule has 1 fully saturated rings. The van der Waals surface area contributed by atoms with Gasteiger partial charge in [0.2, 0.25) is 0 Å². The average molecular weight is 354 g/mol. The second-order valence-corrected chi connectivity index (χ2v) is 6.32. The number of carbonyl (C=O) groups is 1. The van der Waals surface area contributed by atoms with E-state index in [2.05, 4.69) is 10.4 Å². The highest BCUT2D eigenvalue weighted by atomic mass is 35.5. The monoisotopic (exact) mass is 353 g/mol. The summed E-state index contributed by atoms with van der Waals surface area (Å²) in [5.74, 6) is 0.202. The molecule has 3 rings (SSSR count). The van der Waals surface area contributed by atoms with Crippen LogP contribution in [-0.4, -0.2) is 35.9 Å². The van der Waals surface area contributed by atoms with E-state index < -0.39 is 0 Å². The first-order valence-electron chi connectivity index (χ1n) is 7.42. The standard InChI is InChI=1S/C16H17Cl2N3O2/c1-23-7-6-19-16(22)12-9-20-21(15(12)10-2-3-10)14-5-4-11(17)8-13(14)18/h4-5,8-10H,2-3,6-7H2,1H3,(H,19,22). The number of ether oxygens (including phenoxy) is 1. The first-order valence-corrected chi connectivity index (χ1v) is 8.18. The van der Waals surface area contributed by atoms with Gasteiger partial charge in [-0.05, 0) is 31.0 Å². The molecule has 5 nitrogen and oxygen atoms in total. The van der Waals surface area contributed by atoms with Gasteiger partial charge in [-0.1, -0.05) is 23.2 Å². The van der Waals surface area contributed by atoms with E-state index in [-0.39, 0.29) is 5.91 Å². The van der Waals surface area contributed by atoms with E-state index in [4.69, 9.17) is 27.9 Å². The number of aromatic nitrogens is 2. The van der Waals surface area contributed by atoms with Crippen molar-refractivity contribution in [3.05, 3.63) is 45.7 Å². The third-order valence-electron chi connectivity index (χ3n) is 3.74. The van der Waals surface area contributed by atoms with Gasteiger partial charge in [0.25, 0.3) is 5.91 Å². The highest BCUT2D eigenvalue weighted by Gasteiger charge is 2.33. The van der Waals surface area contributed by atoms with E-state index in [1.165, 1.54) is 0 Å². The summed E-state index contributed by atoms with van der Waals surface area (Å²) < 4.78 is 6.71. The molecule has 0 bridgehead atoms. The van der Waals surface area contributed by atoms with Crippen LogP contribution < -0.4 is 5.32 Å². The summed E-state index contributed by atoms with van der Waals surface area (Å²) in [6.07, 6.45) is 3.70. The molecule has 2 aromatic rings. The van der Waals surface area contributed by atoms with Gasteiger partial charge in [-0.3, -0.25) is 4.79 Å². The third kappa shape index (κ3) is 3.52. The molecule has 0 spiro atoms. The van der Waals surface area contributed by atoms with Gasteiger partial charge >= 0.3 is 0 Å². The van der Waals surface area contributed by atoms with Gasteiger partial charge < -0.3 is 10.1 Å². The molecule has 0 atom stereocenters. The molecule has 1 N–H and O–H groups in total. The van der Waals surface area contributed by atoms with Crippen molar-refractivity contribution in [1.82, 2.24) is 15.1 Å². The van der Waals surface area contributed by atoms with Gasteiger partial charge in [-0.15, -0.1) is 0 Å². The molecule has 1 aromatic carbocycles. The molecule has 122 valence electrons. The van der Waals surface area contributed by atoms with Crippen molar-refractivity contribution in [1.29, 1.82) is 0 Å². The van der Waals surface area contributed by atoms with Crippen LogP contribution in [0.2, 0.25) is 10.0 Å². The zero-order chi connectivity index (χ0) is 16.4. The average Bonchev–Trinajstić information content (AvgIpc) is 3.26. The van der Waals surface area contributed by atoms with E-state index in [1.807, 2.05) is 6.07 Å². The van der Waals surface area contributed by atoms with Crippen molar-refractivity contribution in [3.8, 4) is 5.69 Å². The maximum absolute atomic E-state index is 12.4. The Labute approximate surface area is 144 Å². The number of methoxy groups -OCH3 is 1. The zero-order valence-corrected chi connectivity index (χ0v) is 14.2. The van der Waals surface area contributed by atoms with E-state index in [1.54, 1.807) is 30.1 Å². The van der Waals surface area contributed by atoms with Gasteiger partial charge in [0.15, 0.2) is 0 Å². The van der Waals surface area contributed by atoms with Crippen LogP contribution in [0.25, 0.3) is 5.69 Å². The molecule has 0 saturated heterocycles. The number of rotatable bonds is 6. The van der Waals surface area contributed by atoms with Gasteiger partial charge in [-0.25, -0.2) is 4.68 Å². The topological polar surface area (TPSA) is 56.1 Å². The number of halogens is 2. The van der Waals surface area contributed by atoms with Crippen molar-refractivity contribution >= 4 is 29.1 Å². The summed E-state index contributed by atoms with van der Waals surface area (Å²) in [6, 6.07) is 5.25. The first kappa shape index (κ1) is 16.3. The lowest BCUT2D eigenvalue weighted by Crippen LogP contribution is -2.27. The maximum Gasteiger partial charge on any atom is 0.254 e. The Balaban J connectivity index is 1.94. The molecule has 1 heterocycles. The van der Waals surface area contributed by atoms with Crippen LogP contribution in [0, 0.1) is 0 Å². The SMILES string of the molecule is COCCNC(=O)c1cnn(-c2ccc(Cl)cc2Cl)c1C1CC1. The van der Waals surface area contributed by atoms with Crippen LogP contribution in [-0.2, 0) is 4.74 Å². The largest absolute Gasteiger partial charge is 0.383 e. The fourth-order valence-electron chi connectivity index (χ4n) is 2.49. The lowest BCUT2D eigenvalue weighted by atomic mass is 10.1. The van der Waals surface area contributed by atoms with Crippen LogP contribution >= 0.6 is 23.2 Å². The summed E-state index contributed by atoms with van der Waals surface area (Å²) in [4.78, 5) is 12.4. The summed E-state index contributed by atoms with van der Waals surface area (Å²) in [5, 5.41) is 8.30. The second-order valence-electron chi connectivity index (χ2n) is 5.47. The minimum atomic E-state index is -0.139. The van der Waals surface area contributed by atoms with Crippen molar-refractivity contribution in [2.45, 2.75) is 18.8 Å². The number of nitrogens with one attached hydrogen (secondary N) is 1. The quantitative estimate of drug-likeness (QED) is 0.809. The molecule has 0 unspecified atom stereocenters. The minimum Gasteiger partial charge on any atom is -0.383 e. The Bertz CT molecular complexity index is 726. The predicted octanol–water partition coefficient (Wildman–Crippen LogP) is 3.43. The van der Waals surface area contributed by atoms with Crippen LogP contribution in [0.3, 0.4) is 0 Å². The Hall–Kier alpha value is -1.56.